The van der Waals surface area contributed by atoms with Gasteiger partial charge in [-0.25, -0.2) is 0 Å². The molecule has 1 saturated heterocycles. The van der Waals surface area contributed by atoms with Crippen LogP contribution in [0.5, 0.6) is 0 Å². The lowest BCUT2D eigenvalue weighted by molar-refractivity contribution is -0.302. The van der Waals surface area contributed by atoms with E-state index in [9.17, 15) is 35.1 Å². The number of hydrogen-bond acceptors (Lipinski definition) is 10. The molecule has 1 aliphatic rings. The molecule has 1 aliphatic heterocycles. The lowest BCUT2D eigenvalue weighted by Crippen LogP contribution is -2.60. The number of nitrogens with one attached hydrogen (secondary N) is 1. The number of carbonyl (C=O) groups excluding carboxylic acids is 2. The molecule has 0 bridgehead atoms. The van der Waals surface area contributed by atoms with Crippen molar-refractivity contribution in [3.63, 3.8) is 0 Å². The average Bonchev–Trinajstić information content (AvgIpc) is 3.37. The van der Waals surface area contributed by atoms with Gasteiger partial charge in [-0.05, 0) is 32.1 Å². The first-order valence-corrected chi connectivity index (χ1v) is 30.5. The number of rotatable bonds is 53. The highest BCUT2D eigenvalue weighted by Crippen LogP contribution is 2.23. The molecule has 1 amide bonds. The van der Waals surface area contributed by atoms with Gasteiger partial charge >= 0.3 is 5.97 Å². The Morgan fingerprint density at radius 2 is 0.887 bits per heavy atom. The zero-order valence-corrected chi connectivity index (χ0v) is 46.2. The van der Waals surface area contributed by atoms with Crippen LogP contribution in [0.25, 0.3) is 0 Å². The maximum Gasteiger partial charge on any atom is 0.305 e. The van der Waals surface area contributed by atoms with Crippen molar-refractivity contribution in [3.8, 4) is 0 Å². The Labute approximate surface area is 436 Å². The number of aliphatic hydroxyl groups is 5. The minimum absolute atomic E-state index is 0.00182. The second kappa shape index (κ2) is 50.6. The van der Waals surface area contributed by atoms with E-state index < -0.39 is 49.5 Å². The number of hydrogen-bond donors (Lipinski definition) is 6. The summed E-state index contributed by atoms with van der Waals surface area (Å²) in [7, 11) is 0. The van der Waals surface area contributed by atoms with Gasteiger partial charge in [0.2, 0.25) is 5.91 Å². The van der Waals surface area contributed by atoms with E-state index in [2.05, 4.69) is 19.2 Å². The van der Waals surface area contributed by atoms with Crippen molar-refractivity contribution in [3.05, 3.63) is 12.2 Å². The Morgan fingerprint density at radius 3 is 1.31 bits per heavy atom. The van der Waals surface area contributed by atoms with E-state index in [0.717, 1.165) is 57.8 Å². The summed E-state index contributed by atoms with van der Waals surface area (Å²) >= 11 is 0. The molecule has 0 aromatic heterocycles. The van der Waals surface area contributed by atoms with Crippen LogP contribution in [0.15, 0.2) is 12.2 Å². The molecule has 0 aromatic carbocycles. The lowest BCUT2D eigenvalue weighted by atomic mass is 9.99. The van der Waals surface area contributed by atoms with Crippen LogP contribution in [-0.4, -0.2) is 100 Å². The zero-order chi connectivity index (χ0) is 51.7. The van der Waals surface area contributed by atoms with Gasteiger partial charge in [0.1, 0.15) is 24.4 Å². The molecule has 420 valence electrons. The summed E-state index contributed by atoms with van der Waals surface area (Å²) in [5.41, 5.74) is 0. The Hall–Kier alpha value is -1.60. The SMILES string of the molecule is CCCCCCCCC/C=C/C(O)C(COC1OC(CO)C(O)C(O)C1O)NC(=O)CCCCCCCCCCCCCCCCCCCCCCCCOC(=O)CCCCCCCCCCCCCC. The number of ether oxygens (including phenoxy) is 3. The van der Waals surface area contributed by atoms with Crippen LogP contribution in [0.4, 0.5) is 0 Å². The standard InChI is InChI=1S/C60H115NO10/c1-3-5-7-9-11-13-14-28-32-36-40-44-48-56(65)69-49-45-41-37-33-29-26-24-22-20-18-16-15-17-19-21-23-25-27-31-35-39-43-47-55(64)61-52(53(63)46-42-38-34-30-12-10-8-6-4-2)51-70-60-59(68)58(67)57(66)54(50-62)71-60/h42,46,52-54,57-60,62-63,66-68H,3-41,43-45,47-51H2,1-2H3,(H,61,64)/b46-42+. The normalized spacial score (nSPS) is 19.1. The lowest BCUT2D eigenvalue weighted by Gasteiger charge is -2.40. The van der Waals surface area contributed by atoms with Crippen LogP contribution < -0.4 is 5.32 Å². The molecule has 0 radical (unpaired) electrons. The molecule has 0 spiro atoms. The van der Waals surface area contributed by atoms with Crippen molar-refractivity contribution < 1.29 is 49.3 Å². The molecule has 71 heavy (non-hydrogen) atoms. The van der Waals surface area contributed by atoms with Crippen molar-refractivity contribution in [2.45, 2.75) is 339 Å². The van der Waals surface area contributed by atoms with Gasteiger partial charge in [0.25, 0.3) is 0 Å². The van der Waals surface area contributed by atoms with E-state index in [1.807, 2.05) is 6.08 Å². The molecule has 0 aromatic rings. The molecule has 0 saturated carbocycles. The minimum atomic E-state index is -1.57. The first-order valence-electron chi connectivity index (χ1n) is 30.5. The molecule has 11 nitrogen and oxygen atoms in total. The molecular formula is C60H115NO10. The van der Waals surface area contributed by atoms with Crippen molar-refractivity contribution in [2.24, 2.45) is 0 Å². The van der Waals surface area contributed by atoms with Gasteiger partial charge in [-0.15, -0.1) is 0 Å². The second-order valence-corrected chi connectivity index (χ2v) is 21.4. The molecule has 11 heteroatoms. The Morgan fingerprint density at radius 1 is 0.507 bits per heavy atom. The minimum Gasteiger partial charge on any atom is -0.466 e. The smallest absolute Gasteiger partial charge is 0.305 e. The number of esters is 1. The van der Waals surface area contributed by atoms with Crippen LogP contribution in [0.2, 0.25) is 0 Å². The highest BCUT2D eigenvalue weighted by Gasteiger charge is 2.44. The molecule has 0 aliphatic carbocycles. The molecule has 7 unspecified atom stereocenters. The number of carbonyl (C=O) groups is 2. The summed E-state index contributed by atoms with van der Waals surface area (Å²) in [6, 6.07) is -0.807. The topological polar surface area (TPSA) is 175 Å². The fourth-order valence-electron chi connectivity index (χ4n) is 9.79. The maximum absolute atomic E-state index is 13.0. The van der Waals surface area contributed by atoms with Gasteiger partial charge in [-0.1, -0.05) is 264 Å². The van der Waals surface area contributed by atoms with Gasteiger partial charge < -0.3 is 45.1 Å². The fraction of sp³-hybridized carbons (Fsp3) is 0.933. The van der Waals surface area contributed by atoms with Crippen molar-refractivity contribution in [1.82, 2.24) is 5.32 Å². The number of unbranched alkanes of at least 4 members (excludes halogenated alkanes) is 39. The van der Waals surface area contributed by atoms with Crippen molar-refractivity contribution >= 4 is 11.9 Å². The summed E-state index contributed by atoms with van der Waals surface area (Å²) in [5, 5.41) is 54.2. The van der Waals surface area contributed by atoms with Crippen LogP contribution >= 0.6 is 0 Å². The third-order valence-electron chi connectivity index (χ3n) is 14.7. The monoisotopic (exact) mass is 1010 g/mol. The third kappa shape index (κ3) is 40.4. The molecule has 1 heterocycles. The highest BCUT2D eigenvalue weighted by atomic mass is 16.7. The third-order valence-corrected chi connectivity index (χ3v) is 14.7. The first kappa shape index (κ1) is 67.4. The molecular weight excluding hydrogens is 895 g/mol. The quantitative estimate of drug-likeness (QED) is 0.0195. The van der Waals surface area contributed by atoms with E-state index in [1.165, 1.54) is 212 Å². The van der Waals surface area contributed by atoms with Gasteiger partial charge in [0, 0.05) is 12.8 Å². The van der Waals surface area contributed by atoms with Gasteiger partial charge in [0.05, 0.1) is 32.0 Å². The van der Waals surface area contributed by atoms with Gasteiger partial charge in [0.15, 0.2) is 6.29 Å². The Bertz CT molecular complexity index is 1190. The van der Waals surface area contributed by atoms with Crippen LogP contribution in [0, 0.1) is 0 Å². The second-order valence-electron chi connectivity index (χ2n) is 21.4. The van der Waals surface area contributed by atoms with E-state index in [1.54, 1.807) is 6.08 Å². The molecule has 6 N–H and O–H groups in total. The number of aliphatic hydroxyl groups excluding tert-OH is 5. The summed E-state index contributed by atoms with van der Waals surface area (Å²) < 4.78 is 16.7. The number of amides is 1. The summed E-state index contributed by atoms with van der Waals surface area (Å²) in [6.45, 7) is 4.33. The predicted molar refractivity (Wildman–Crippen MR) is 292 cm³/mol. The van der Waals surface area contributed by atoms with Crippen molar-refractivity contribution in [1.29, 1.82) is 0 Å². The van der Waals surface area contributed by atoms with Crippen LogP contribution in [0.1, 0.15) is 296 Å². The maximum atomic E-state index is 13.0. The Kier molecular flexibility index (Phi) is 48.0. The molecule has 7 atom stereocenters. The molecule has 1 rings (SSSR count). The largest absolute Gasteiger partial charge is 0.466 e. The summed E-state index contributed by atoms with van der Waals surface area (Å²) in [5.74, 6) is -0.181. The van der Waals surface area contributed by atoms with E-state index in [4.69, 9.17) is 14.2 Å². The van der Waals surface area contributed by atoms with E-state index >= 15 is 0 Å². The van der Waals surface area contributed by atoms with Crippen LogP contribution in [0.3, 0.4) is 0 Å². The first-order chi connectivity index (χ1) is 34.7. The van der Waals surface area contributed by atoms with Gasteiger partial charge in [-0.2, -0.15) is 0 Å². The average molecular weight is 1010 g/mol. The predicted octanol–water partition coefficient (Wildman–Crippen LogP) is 14.0. The summed E-state index contributed by atoms with van der Waals surface area (Å²) in [6.07, 6.45) is 48.9. The van der Waals surface area contributed by atoms with Gasteiger partial charge in [-0.3, -0.25) is 9.59 Å². The van der Waals surface area contributed by atoms with E-state index in [0.29, 0.717) is 19.4 Å². The zero-order valence-electron chi connectivity index (χ0n) is 46.2. The Balaban J connectivity index is 1.99. The highest BCUT2D eigenvalue weighted by molar-refractivity contribution is 5.76. The van der Waals surface area contributed by atoms with E-state index in [-0.39, 0.29) is 18.5 Å². The van der Waals surface area contributed by atoms with Crippen LogP contribution in [-0.2, 0) is 23.8 Å². The number of allylic oxidation sites excluding steroid dienone is 1. The van der Waals surface area contributed by atoms with Crippen molar-refractivity contribution in [2.75, 3.05) is 19.8 Å². The molecule has 1 fully saturated rings. The summed E-state index contributed by atoms with van der Waals surface area (Å²) in [4.78, 5) is 25.0. The fourth-order valence-corrected chi connectivity index (χ4v) is 9.79.